The van der Waals surface area contributed by atoms with Crippen molar-refractivity contribution in [1.29, 1.82) is 0 Å². The minimum absolute atomic E-state index is 0.0427. The maximum absolute atomic E-state index is 12.3. The van der Waals surface area contributed by atoms with Gasteiger partial charge in [-0.25, -0.2) is 0 Å². The molecule has 1 aliphatic heterocycles. The molecule has 4 heteroatoms. The molecule has 1 fully saturated rings. The molecule has 4 nitrogen and oxygen atoms in total. The topological polar surface area (TPSA) is 61.4 Å². The third kappa shape index (κ3) is 3.33. The summed E-state index contributed by atoms with van der Waals surface area (Å²) in [7, 11) is 0. The molecule has 0 aliphatic carbocycles. The molecule has 1 saturated heterocycles. The Bertz CT molecular complexity index is 438. The van der Waals surface area contributed by atoms with Crippen molar-refractivity contribution >= 4 is 5.91 Å². The SMILES string of the molecule is CC1CCNC(C)C1NC(=O)c1cccc(CO)c1. The number of rotatable bonds is 3. The first kappa shape index (κ1) is 14.0. The fourth-order valence-corrected chi connectivity index (χ4v) is 2.65. The van der Waals surface area contributed by atoms with Crippen LogP contribution in [0.5, 0.6) is 0 Å². The Balaban J connectivity index is 2.07. The van der Waals surface area contributed by atoms with Crippen molar-refractivity contribution in [2.24, 2.45) is 5.92 Å². The van der Waals surface area contributed by atoms with Gasteiger partial charge in [-0.15, -0.1) is 0 Å². The van der Waals surface area contributed by atoms with E-state index in [4.69, 9.17) is 5.11 Å². The third-order valence-corrected chi connectivity index (χ3v) is 3.89. The molecule has 0 saturated carbocycles. The monoisotopic (exact) mass is 262 g/mol. The summed E-state index contributed by atoms with van der Waals surface area (Å²) in [5.74, 6) is 0.406. The maximum atomic E-state index is 12.3. The predicted octanol–water partition coefficient (Wildman–Crippen LogP) is 1.30. The van der Waals surface area contributed by atoms with Crippen LogP contribution in [0, 0.1) is 5.92 Å². The number of nitrogens with one attached hydrogen (secondary N) is 2. The fourth-order valence-electron chi connectivity index (χ4n) is 2.65. The van der Waals surface area contributed by atoms with E-state index >= 15 is 0 Å². The van der Waals surface area contributed by atoms with E-state index in [2.05, 4.69) is 24.5 Å². The van der Waals surface area contributed by atoms with Gasteiger partial charge in [0.2, 0.25) is 0 Å². The zero-order valence-electron chi connectivity index (χ0n) is 11.5. The van der Waals surface area contributed by atoms with Crippen LogP contribution < -0.4 is 10.6 Å². The van der Waals surface area contributed by atoms with Gasteiger partial charge in [0, 0.05) is 17.6 Å². The van der Waals surface area contributed by atoms with Crippen molar-refractivity contribution in [1.82, 2.24) is 10.6 Å². The molecular weight excluding hydrogens is 240 g/mol. The Morgan fingerprint density at radius 2 is 2.26 bits per heavy atom. The summed E-state index contributed by atoms with van der Waals surface area (Å²) < 4.78 is 0. The van der Waals surface area contributed by atoms with Crippen molar-refractivity contribution < 1.29 is 9.90 Å². The number of carbonyl (C=O) groups excluding carboxylic acids is 1. The first-order valence-corrected chi connectivity index (χ1v) is 6.86. The lowest BCUT2D eigenvalue weighted by Gasteiger charge is -2.36. The molecule has 104 valence electrons. The summed E-state index contributed by atoms with van der Waals surface area (Å²) >= 11 is 0. The highest BCUT2D eigenvalue weighted by Gasteiger charge is 2.28. The van der Waals surface area contributed by atoms with E-state index in [1.807, 2.05) is 6.07 Å². The van der Waals surface area contributed by atoms with Crippen LogP contribution in [-0.4, -0.2) is 29.6 Å². The van der Waals surface area contributed by atoms with Crippen LogP contribution in [0.2, 0.25) is 0 Å². The van der Waals surface area contributed by atoms with Gasteiger partial charge in [0.05, 0.1) is 6.61 Å². The van der Waals surface area contributed by atoms with Crippen LogP contribution in [0.1, 0.15) is 36.2 Å². The van der Waals surface area contributed by atoms with Crippen LogP contribution in [0.25, 0.3) is 0 Å². The molecule has 1 aromatic carbocycles. The van der Waals surface area contributed by atoms with Crippen LogP contribution in [0.4, 0.5) is 0 Å². The molecule has 0 spiro atoms. The van der Waals surface area contributed by atoms with Gasteiger partial charge in [0.25, 0.3) is 5.91 Å². The zero-order chi connectivity index (χ0) is 13.8. The lowest BCUT2D eigenvalue weighted by atomic mass is 9.89. The summed E-state index contributed by atoms with van der Waals surface area (Å²) in [6.07, 6.45) is 1.08. The van der Waals surface area contributed by atoms with Gasteiger partial charge >= 0.3 is 0 Å². The van der Waals surface area contributed by atoms with Gasteiger partial charge in [-0.2, -0.15) is 0 Å². The Morgan fingerprint density at radius 1 is 1.47 bits per heavy atom. The molecule has 1 amide bonds. The molecule has 0 bridgehead atoms. The van der Waals surface area contributed by atoms with Crippen molar-refractivity contribution in [2.45, 2.75) is 39.0 Å². The number of amides is 1. The Kier molecular flexibility index (Phi) is 4.56. The number of aliphatic hydroxyl groups is 1. The Morgan fingerprint density at radius 3 is 2.95 bits per heavy atom. The number of piperidine rings is 1. The van der Waals surface area contributed by atoms with Gasteiger partial charge in [-0.1, -0.05) is 19.1 Å². The fraction of sp³-hybridized carbons (Fsp3) is 0.533. The normalized spacial score (nSPS) is 27.0. The highest BCUT2D eigenvalue weighted by atomic mass is 16.3. The van der Waals surface area contributed by atoms with E-state index in [-0.39, 0.29) is 24.6 Å². The van der Waals surface area contributed by atoms with Crippen LogP contribution >= 0.6 is 0 Å². The van der Waals surface area contributed by atoms with Crippen LogP contribution in [0.3, 0.4) is 0 Å². The van der Waals surface area contributed by atoms with Gasteiger partial charge in [-0.3, -0.25) is 4.79 Å². The molecule has 2 rings (SSSR count). The Hall–Kier alpha value is -1.39. The first-order valence-electron chi connectivity index (χ1n) is 6.86. The molecule has 19 heavy (non-hydrogen) atoms. The maximum Gasteiger partial charge on any atom is 0.251 e. The van der Waals surface area contributed by atoms with E-state index in [0.29, 0.717) is 11.5 Å². The van der Waals surface area contributed by atoms with E-state index < -0.39 is 0 Å². The second-order valence-electron chi connectivity index (χ2n) is 5.37. The van der Waals surface area contributed by atoms with Crippen LogP contribution in [-0.2, 0) is 6.61 Å². The molecule has 0 radical (unpaired) electrons. The highest BCUT2D eigenvalue weighted by Crippen LogP contribution is 2.17. The number of carbonyl (C=O) groups is 1. The summed E-state index contributed by atoms with van der Waals surface area (Å²) in [4.78, 5) is 12.3. The average Bonchev–Trinajstić information content (AvgIpc) is 2.43. The molecule has 3 N–H and O–H groups in total. The smallest absolute Gasteiger partial charge is 0.251 e. The molecular formula is C15H22N2O2. The number of aliphatic hydroxyl groups excluding tert-OH is 1. The lowest BCUT2D eigenvalue weighted by Crippen LogP contribution is -2.55. The minimum atomic E-state index is -0.0669. The van der Waals surface area contributed by atoms with Crippen molar-refractivity contribution in [3.63, 3.8) is 0 Å². The van der Waals surface area contributed by atoms with Crippen molar-refractivity contribution in [2.75, 3.05) is 6.54 Å². The number of hydrogen-bond acceptors (Lipinski definition) is 3. The zero-order valence-corrected chi connectivity index (χ0v) is 11.5. The van der Waals surface area contributed by atoms with Gasteiger partial charge in [-0.05, 0) is 43.5 Å². The summed E-state index contributed by atoms with van der Waals surface area (Å²) in [5, 5.41) is 15.6. The molecule has 3 unspecified atom stereocenters. The van der Waals surface area contributed by atoms with Gasteiger partial charge in [0.15, 0.2) is 0 Å². The molecule has 1 aromatic rings. The van der Waals surface area contributed by atoms with Gasteiger partial charge in [0.1, 0.15) is 0 Å². The lowest BCUT2D eigenvalue weighted by molar-refractivity contribution is 0.0897. The summed E-state index contributed by atoms with van der Waals surface area (Å²) in [6.45, 7) is 5.24. The third-order valence-electron chi connectivity index (χ3n) is 3.89. The standard InChI is InChI=1S/C15H22N2O2/c1-10-6-7-16-11(2)14(10)17-15(19)13-5-3-4-12(8-13)9-18/h3-5,8,10-11,14,16,18H,6-7,9H2,1-2H3,(H,17,19). The predicted molar refractivity (Wildman–Crippen MR) is 74.9 cm³/mol. The highest BCUT2D eigenvalue weighted by molar-refractivity contribution is 5.94. The summed E-state index contributed by atoms with van der Waals surface area (Å²) in [6, 6.07) is 7.56. The molecule has 1 heterocycles. The van der Waals surface area contributed by atoms with E-state index in [9.17, 15) is 4.79 Å². The van der Waals surface area contributed by atoms with Crippen molar-refractivity contribution in [3.8, 4) is 0 Å². The van der Waals surface area contributed by atoms with Crippen LogP contribution in [0.15, 0.2) is 24.3 Å². The van der Waals surface area contributed by atoms with E-state index in [1.165, 1.54) is 0 Å². The largest absolute Gasteiger partial charge is 0.392 e. The molecule has 1 aliphatic rings. The minimum Gasteiger partial charge on any atom is -0.392 e. The van der Waals surface area contributed by atoms with Gasteiger partial charge < -0.3 is 15.7 Å². The quantitative estimate of drug-likeness (QED) is 0.769. The molecule has 0 aromatic heterocycles. The van der Waals surface area contributed by atoms with E-state index in [1.54, 1.807) is 18.2 Å². The second kappa shape index (κ2) is 6.17. The second-order valence-corrected chi connectivity index (χ2v) is 5.37. The van der Waals surface area contributed by atoms with E-state index in [0.717, 1.165) is 18.5 Å². The molecule has 3 atom stereocenters. The summed E-state index contributed by atoms with van der Waals surface area (Å²) in [5.41, 5.74) is 1.37. The van der Waals surface area contributed by atoms with Crippen molar-refractivity contribution in [3.05, 3.63) is 35.4 Å². The number of hydrogen-bond donors (Lipinski definition) is 3. The Labute approximate surface area is 114 Å². The average molecular weight is 262 g/mol. The first-order chi connectivity index (χ1) is 9.11. The number of benzene rings is 1.